The van der Waals surface area contributed by atoms with E-state index in [0.717, 1.165) is 11.8 Å². The van der Waals surface area contributed by atoms with Crippen LogP contribution in [-0.4, -0.2) is 39.8 Å². The van der Waals surface area contributed by atoms with Crippen molar-refractivity contribution in [1.29, 1.82) is 0 Å². The molecule has 0 aliphatic carbocycles. The topological polar surface area (TPSA) is 104 Å². The smallest absolute Gasteiger partial charge is 0.387 e. The molecule has 3 rings (SSSR count). The van der Waals surface area contributed by atoms with Crippen molar-refractivity contribution in [1.82, 2.24) is 14.9 Å². The minimum atomic E-state index is -2.91. The van der Waals surface area contributed by atoms with Gasteiger partial charge in [-0.1, -0.05) is 23.9 Å². The van der Waals surface area contributed by atoms with Gasteiger partial charge in [0.15, 0.2) is 5.82 Å². The van der Waals surface area contributed by atoms with E-state index in [-0.39, 0.29) is 11.7 Å². The molecule has 1 atom stereocenters. The van der Waals surface area contributed by atoms with Gasteiger partial charge in [0.25, 0.3) is 0 Å². The number of methoxy groups -OCH3 is 1. The standard InChI is InChI=1S/C19H19F2N5O3S/c1-11(17(27)23-12-7-9-13(10-8-12)29-18(20)21)30-19-25-24-16(26(19)22)14-5-3-4-6-15(14)28-2/h3-11,18H,22H2,1-2H3,(H,23,27). The summed E-state index contributed by atoms with van der Waals surface area (Å²) in [6, 6.07) is 12.9. The summed E-state index contributed by atoms with van der Waals surface area (Å²) in [6.45, 7) is -1.22. The van der Waals surface area contributed by atoms with Gasteiger partial charge in [-0.2, -0.15) is 8.78 Å². The summed E-state index contributed by atoms with van der Waals surface area (Å²) in [6.07, 6.45) is 0. The number of nitrogens with two attached hydrogens (primary N) is 1. The Bertz CT molecular complexity index is 1010. The molecule has 8 nitrogen and oxygen atoms in total. The van der Waals surface area contributed by atoms with E-state index in [1.807, 2.05) is 12.1 Å². The average molecular weight is 435 g/mol. The summed E-state index contributed by atoms with van der Waals surface area (Å²) in [5, 5.41) is 10.7. The monoisotopic (exact) mass is 435 g/mol. The second-order valence-electron chi connectivity index (χ2n) is 6.03. The van der Waals surface area contributed by atoms with Crippen LogP contribution in [0.4, 0.5) is 14.5 Å². The first-order valence-electron chi connectivity index (χ1n) is 8.75. The van der Waals surface area contributed by atoms with Gasteiger partial charge in [-0.15, -0.1) is 10.2 Å². The highest BCUT2D eigenvalue weighted by atomic mass is 32.2. The Kier molecular flexibility index (Phi) is 6.72. The number of nitrogens with zero attached hydrogens (tertiary/aromatic N) is 3. The largest absolute Gasteiger partial charge is 0.496 e. The van der Waals surface area contributed by atoms with E-state index in [0.29, 0.717) is 28.0 Å². The number of ether oxygens (including phenoxy) is 2. The maximum Gasteiger partial charge on any atom is 0.387 e. The quantitative estimate of drug-likeness (QED) is 0.413. The molecule has 30 heavy (non-hydrogen) atoms. The van der Waals surface area contributed by atoms with Gasteiger partial charge in [-0.3, -0.25) is 4.79 Å². The fraction of sp³-hybridized carbons (Fsp3) is 0.211. The number of hydrogen-bond donors (Lipinski definition) is 2. The van der Waals surface area contributed by atoms with E-state index in [1.165, 1.54) is 28.9 Å². The zero-order chi connectivity index (χ0) is 21.7. The minimum Gasteiger partial charge on any atom is -0.496 e. The molecular formula is C19H19F2N5O3S. The Morgan fingerprint density at radius 3 is 2.53 bits per heavy atom. The molecule has 158 valence electrons. The van der Waals surface area contributed by atoms with Crippen molar-refractivity contribution in [3.63, 3.8) is 0 Å². The van der Waals surface area contributed by atoms with Gasteiger partial charge in [-0.25, -0.2) is 4.68 Å². The molecule has 0 saturated carbocycles. The van der Waals surface area contributed by atoms with Crippen molar-refractivity contribution in [2.24, 2.45) is 0 Å². The number of anilines is 1. The van der Waals surface area contributed by atoms with E-state index in [9.17, 15) is 13.6 Å². The van der Waals surface area contributed by atoms with Crippen molar-refractivity contribution < 1.29 is 23.0 Å². The van der Waals surface area contributed by atoms with Crippen LogP contribution in [0, 0.1) is 0 Å². The van der Waals surface area contributed by atoms with Crippen LogP contribution in [0.3, 0.4) is 0 Å². The Hall–Kier alpha value is -3.34. The molecule has 0 saturated heterocycles. The second kappa shape index (κ2) is 9.44. The van der Waals surface area contributed by atoms with Crippen molar-refractivity contribution >= 4 is 23.4 Å². The molecule has 0 aliphatic heterocycles. The fourth-order valence-electron chi connectivity index (χ4n) is 2.55. The molecule has 3 aromatic rings. The number of rotatable bonds is 8. The molecule has 0 fully saturated rings. The molecule has 0 bridgehead atoms. The van der Waals surface area contributed by atoms with Gasteiger partial charge in [-0.05, 0) is 43.3 Å². The lowest BCUT2D eigenvalue weighted by Gasteiger charge is -2.12. The molecule has 0 spiro atoms. The van der Waals surface area contributed by atoms with Crippen LogP contribution in [0.15, 0.2) is 53.7 Å². The second-order valence-corrected chi connectivity index (χ2v) is 7.34. The zero-order valence-electron chi connectivity index (χ0n) is 16.1. The maximum absolute atomic E-state index is 12.5. The van der Waals surface area contributed by atoms with E-state index in [2.05, 4.69) is 20.3 Å². The van der Waals surface area contributed by atoms with E-state index < -0.39 is 11.9 Å². The number of carbonyl (C=O) groups is 1. The summed E-state index contributed by atoms with van der Waals surface area (Å²) in [7, 11) is 1.55. The number of nitrogens with one attached hydrogen (secondary N) is 1. The highest BCUT2D eigenvalue weighted by Crippen LogP contribution is 2.30. The van der Waals surface area contributed by atoms with Crippen LogP contribution in [-0.2, 0) is 4.79 Å². The number of alkyl halides is 2. The van der Waals surface area contributed by atoms with Crippen LogP contribution in [0.25, 0.3) is 11.4 Å². The average Bonchev–Trinajstić information content (AvgIpc) is 3.09. The number of thioether (sulfide) groups is 1. The lowest BCUT2D eigenvalue weighted by Crippen LogP contribution is -2.23. The van der Waals surface area contributed by atoms with E-state index in [1.54, 1.807) is 26.2 Å². The summed E-state index contributed by atoms with van der Waals surface area (Å²) >= 11 is 1.13. The van der Waals surface area contributed by atoms with Crippen molar-refractivity contribution in [2.75, 3.05) is 18.3 Å². The summed E-state index contributed by atoms with van der Waals surface area (Å²) in [4.78, 5) is 12.5. The molecule has 2 aromatic carbocycles. The van der Waals surface area contributed by atoms with Crippen LogP contribution >= 0.6 is 11.8 Å². The summed E-state index contributed by atoms with van der Waals surface area (Å²) < 4.78 is 35.3. The molecular weight excluding hydrogens is 416 g/mol. The van der Waals surface area contributed by atoms with Crippen LogP contribution < -0.4 is 20.6 Å². The number of para-hydroxylation sites is 1. The Morgan fingerprint density at radius 2 is 1.87 bits per heavy atom. The highest BCUT2D eigenvalue weighted by molar-refractivity contribution is 8.00. The molecule has 1 heterocycles. The van der Waals surface area contributed by atoms with E-state index >= 15 is 0 Å². The molecule has 1 aromatic heterocycles. The third kappa shape index (κ3) is 4.98. The predicted octanol–water partition coefficient (Wildman–Crippen LogP) is 3.39. The first-order chi connectivity index (χ1) is 14.4. The first-order valence-corrected chi connectivity index (χ1v) is 9.63. The number of hydrogen-bond acceptors (Lipinski definition) is 7. The van der Waals surface area contributed by atoms with Gasteiger partial charge in [0.2, 0.25) is 11.1 Å². The molecule has 0 radical (unpaired) electrons. The summed E-state index contributed by atoms with van der Waals surface area (Å²) in [5.74, 6) is 6.81. The predicted molar refractivity (Wildman–Crippen MR) is 109 cm³/mol. The van der Waals surface area contributed by atoms with Gasteiger partial charge in [0.1, 0.15) is 11.5 Å². The van der Waals surface area contributed by atoms with Crippen LogP contribution in [0.1, 0.15) is 6.92 Å². The van der Waals surface area contributed by atoms with Crippen molar-refractivity contribution in [2.45, 2.75) is 23.9 Å². The van der Waals surface area contributed by atoms with E-state index in [4.69, 9.17) is 10.6 Å². The number of aromatic nitrogens is 3. The molecule has 3 N–H and O–H groups in total. The van der Waals surface area contributed by atoms with Gasteiger partial charge >= 0.3 is 6.61 Å². The fourth-order valence-corrected chi connectivity index (χ4v) is 3.32. The number of carbonyl (C=O) groups excluding carboxylic acids is 1. The number of benzene rings is 2. The van der Waals surface area contributed by atoms with Crippen molar-refractivity contribution in [3.8, 4) is 22.9 Å². The molecule has 1 amide bonds. The third-order valence-corrected chi connectivity index (χ3v) is 5.07. The van der Waals surface area contributed by atoms with Crippen LogP contribution in [0.5, 0.6) is 11.5 Å². The van der Waals surface area contributed by atoms with Crippen molar-refractivity contribution in [3.05, 3.63) is 48.5 Å². The van der Waals surface area contributed by atoms with Gasteiger partial charge in [0, 0.05) is 5.69 Å². The minimum absolute atomic E-state index is 0.00512. The lowest BCUT2D eigenvalue weighted by atomic mass is 10.2. The first kappa shape index (κ1) is 21.4. The normalized spacial score (nSPS) is 11.9. The molecule has 1 unspecified atom stereocenters. The Labute approximate surface area is 175 Å². The third-order valence-electron chi connectivity index (χ3n) is 4.01. The number of nitrogen functional groups attached to an aromatic ring is 1. The Balaban J connectivity index is 1.66. The SMILES string of the molecule is COc1ccccc1-c1nnc(SC(C)C(=O)Nc2ccc(OC(F)F)cc2)n1N. The van der Waals surface area contributed by atoms with Gasteiger partial charge < -0.3 is 20.6 Å². The zero-order valence-corrected chi connectivity index (χ0v) is 16.9. The number of halogens is 2. The molecule has 0 aliphatic rings. The number of amides is 1. The highest BCUT2D eigenvalue weighted by Gasteiger charge is 2.21. The van der Waals surface area contributed by atoms with Gasteiger partial charge in [0.05, 0.1) is 17.9 Å². The Morgan fingerprint density at radius 1 is 1.17 bits per heavy atom. The lowest BCUT2D eigenvalue weighted by molar-refractivity contribution is -0.115. The molecule has 11 heteroatoms. The maximum atomic E-state index is 12.5. The van der Waals surface area contributed by atoms with Crippen LogP contribution in [0.2, 0.25) is 0 Å². The summed E-state index contributed by atoms with van der Waals surface area (Å²) in [5.41, 5.74) is 1.11.